The van der Waals surface area contributed by atoms with Gasteiger partial charge in [-0.25, -0.2) is 4.79 Å². The highest BCUT2D eigenvalue weighted by Gasteiger charge is 2.36. The molecular weight excluding hydrogens is 364 g/mol. The van der Waals surface area contributed by atoms with Crippen molar-refractivity contribution in [1.29, 1.82) is 0 Å². The average molecular weight is 403 g/mol. The summed E-state index contributed by atoms with van der Waals surface area (Å²) in [6.07, 6.45) is 7.73. The number of hydrogen-bond acceptors (Lipinski definition) is 4. The molecule has 0 aromatic carbocycles. The van der Waals surface area contributed by atoms with E-state index >= 15 is 0 Å². The van der Waals surface area contributed by atoms with Crippen LogP contribution in [0.1, 0.15) is 38.5 Å². The molecule has 1 fully saturated rings. The first-order valence-corrected chi connectivity index (χ1v) is 18.3. The molecule has 0 radical (unpaired) electrons. The third-order valence-corrected chi connectivity index (χ3v) is 8.46. The molecule has 0 atom stereocenters. The Bertz CT molecular complexity index is 419. The Morgan fingerprint density at radius 2 is 1.60 bits per heavy atom. The maximum Gasteiger partial charge on any atom is 0.330 e. The summed E-state index contributed by atoms with van der Waals surface area (Å²) in [5.41, 5.74) is -0.278. The highest BCUT2D eigenvalue weighted by Crippen LogP contribution is 2.36. The third kappa shape index (κ3) is 9.89. The van der Waals surface area contributed by atoms with Crippen LogP contribution in [0.2, 0.25) is 45.3 Å². The van der Waals surface area contributed by atoms with Crippen LogP contribution in [0.15, 0.2) is 12.7 Å². The van der Waals surface area contributed by atoms with E-state index in [1.54, 1.807) is 0 Å². The van der Waals surface area contributed by atoms with Crippen molar-refractivity contribution in [2.45, 2.75) is 95.4 Å². The molecule has 4 nitrogen and oxygen atoms in total. The van der Waals surface area contributed by atoms with Gasteiger partial charge in [-0.3, -0.25) is 0 Å². The molecule has 146 valence electrons. The normalized spacial score (nSPS) is 18.7. The first-order chi connectivity index (χ1) is 11.4. The molecule has 25 heavy (non-hydrogen) atoms. The second-order valence-electron chi connectivity index (χ2n) is 9.15. The summed E-state index contributed by atoms with van der Waals surface area (Å²) in [6, 6.07) is 1.09. The van der Waals surface area contributed by atoms with Gasteiger partial charge in [0.15, 0.2) is 16.6 Å². The predicted octanol–water partition coefficient (Wildman–Crippen LogP) is 4.38. The third-order valence-electron chi connectivity index (χ3n) is 4.29. The van der Waals surface area contributed by atoms with Crippen LogP contribution in [0, 0.1) is 0 Å². The summed E-state index contributed by atoms with van der Waals surface area (Å²) in [5, 5.41) is 0. The quantitative estimate of drug-likeness (QED) is 0.235. The van der Waals surface area contributed by atoms with Crippen LogP contribution in [-0.4, -0.2) is 43.6 Å². The van der Waals surface area contributed by atoms with Crippen molar-refractivity contribution in [2.24, 2.45) is 0 Å². The van der Waals surface area contributed by atoms with Gasteiger partial charge in [0, 0.05) is 6.08 Å². The highest BCUT2D eigenvalue weighted by molar-refractivity contribution is 6.71. The fraction of sp³-hybridized carbons (Fsp3) is 0.833. The van der Waals surface area contributed by atoms with Crippen LogP contribution in [0.4, 0.5) is 0 Å². The molecule has 1 saturated carbocycles. The lowest BCUT2D eigenvalue weighted by molar-refractivity contribution is -0.157. The fourth-order valence-corrected chi connectivity index (χ4v) is 10.3. The fourth-order valence-electron chi connectivity index (χ4n) is 3.38. The van der Waals surface area contributed by atoms with E-state index < -0.39 is 26.2 Å². The highest BCUT2D eigenvalue weighted by atomic mass is 28.4. The van der Waals surface area contributed by atoms with E-state index in [1.807, 2.05) is 0 Å². The Morgan fingerprint density at radius 3 is 2.04 bits per heavy atom. The molecule has 0 amide bonds. The smallest absolute Gasteiger partial charge is 0.330 e. The minimum atomic E-state index is -1.63. The van der Waals surface area contributed by atoms with Crippen LogP contribution in [-0.2, 0) is 18.4 Å². The van der Waals surface area contributed by atoms with E-state index in [2.05, 4.69) is 45.9 Å². The molecule has 0 aromatic rings. The van der Waals surface area contributed by atoms with Gasteiger partial charge in [0.1, 0.15) is 11.5 Å². The SMILES string of the molecule is C=CC(=O)OC1(CC[SiH2]C(O[Si](C)(C)C)O[Si](C)(C)C)CCCCC1. The lowest BCUT2D eigenvalue weighted by Gasteiger charge is -2.37. The molecule has 0 unspecified atom stereocenters. The molecule has 0 N–H and O–H groups in total. The summed E-state index contributed by atoms with van der Waals surface area (Å²) in [5.74, 6) is -0.272. The van der Waals surface area contributed by atoms with Crippen LogP contribution in [0.3, 0.4) is 0 Å². The molecule has 0 aromatic heterocycles. The van der Waals surface area contributed by atoms with E-state index in [9.17, 15) is 4.79 Å². The molecule has 0 saturated heterocycles. The summed E-state index contributed by atoms with van der Waals surface area (Å²) in [4.78, 5) is 11.8. The van der Waals surface area contributed by atoms with Gasteiger partial charge in [-0.2, -0.15) is 0 Å². The summed E-state index contributed by atoms with van der Waals surface area (Å²) in [7, 11) is -3.80. The number of ether oxygens (including phenoxy) is 1. The van der Waals surface area contributed by atoms with Gasteiger partial charge in [0.05, 0.1) is 9.52 Å². The number of esters is 1. The molecule has 0 spiro atoms. The minimum absolute atomic E-state index is 0.00841. The van der Waals surface area contributed by atoms with E-state index in [4.69, 9.17) is 13.6 Å². The standard InChI is InChI=1S/C18H38O4Si3/c1-8-16(19)20-18(12-10-9-11-13-18)14-15-23-17(21-24(2,3)4)22-25(5,6)7/h8,17H,1,9-15,23H2,2-7H3. The Balaban J connectivity index is 2.65. The average Bonchev–Trinajstić information content (AvgIpc) is 2.44. The number of carbonyl (C=O) groups excluding carboxylic acids is 1. The molecule has 0 aliphatic heterocycles. The van der Waals surface area contributed by atoms with Crippen molar-refractivity contribution in [3.05, 3.63) is 12.7 Å². The van der Waals surface area contributed by atoms with Crippen LogP contribution >= 0.6 is 0 Å². The van der Waals surface area contributed by atoms with Crippen molar-refractivity contribution in [1.82, 2.24) is 0 Å². The Hall–Kier alpha value is -0.219. The lowest BCUT2D eigenvalue weighted by atomic mass is 9.82. The monoisotopic (exact) mass is 402 g/mol. The Labute approximate surface area is 158 Å². The Morgan fingerprint density at radius 1 is 1.08 bits per heavy atom. The van der Waals surface area contributed by atoms with Gasteiger partial charge in [0.25, 0.3) is 0 Å². The van der Waals surface area contributed by atoms with E-state index in [1.165, 1.54) is 12.5 Å². The molecule has 1 rings (SSSR count). The van der Waals surface area contributed by atoms with Crippen molar-refractivity contribution in [3.8, 4) is 0 Å². The molecule has 1 aliphatic carbocycles. The first-order valence-electron chi connectivity index (χ1n) is 9.66. The van der Waals surface area contributed by atoms with Crippen LogP contribution in [0.25, 0.3) is 0 Å². The van der Waals surface area contributed by atoms with Gasteiger partial charge < -0.3 is 13.6 Å². The van der Waals surface area contributed by atoms with E-state index in [0.717, 1.165) is 38.1 Å². The zero-order chi connectivity index (χ0) is 19.1. The zero-order valence-electron chi connectivity index (χ0n) is 17.2. The maximum absolute atomic E-state index is 11.8. The molecule has 0 heterocycles. The second kappa shape index (κ2) is 9.64. The minimum Gasteiger partial charge on any atom is -0.456 e. The summed E-state index contributed by atoms with van der Waals surface area (Å²) >= 11 is 0. The lowest BCUT2D eigenvalue weighted by Crippen LogP contribution is -2.44. The topological polar surface area (TPSA) is 44.8 Å². The molecular formula is C18H38O4Si3. The van der Waals surface area contributed by atoms with Crippen molar-refractivity contribution in [3.63, 3.8) is 0 Å². The largest absolute Gasteiger partial charge is 0.456 e. The van der Waals surface area contributed by atoms with Gasteiger partial charge in [0.2, 0.25) is 0 Å². The number of rotatable bonds is 10. The van der Waals surface area contributed by atoms with Crippen LogP contribution in [0.5, 0.6) is 0 Å². The van der Waals surface area contributed by atoms with Crippen molar-refractivity contribution in [2.75, 3.05) is 0 Å². The van der Waals surface area contributed by atoms with Crippen molar-refractivity contribution >= 4 is 32.1 Å². The van der Waals surface area contributed by atoms with E-state index in [0.29, 0.717) is 0 Å². The summed E-state index contributed by atoms with van der Waals surface area (Å²) in [6.45, 7) is 16.9. The Kier molecular flexibility index (Phi) is 8.80. The predicted molar refractivity (Wildman–Crippen MR) is 113 cm³/mol. The molecule has 0 bridgehead atoms. The second-order valence-corrected chi connectivity index (χ2v) is 20.0. The van der Waals surface area contributed by atoms with Crippen molar-refractivity contribution < 1.29 is 18.4 Å². The maximum atomic E-state index is 11.8. The van der Waals surface area contributed by atoms with Gasteiger partial charge in [-0.1, -0.05) is 19.0 Å². The zero-order valence-corrected chi connectivity index (χ0v) is 20.6. The van der Waals surface area contributed by atoms with Gasteiger partial charge in [-0.15, -0.1) is 0 Å². The summed E-state index contributed by atoms with van der Waals surface area (Å²) < 4.78 is 18.5. The van der Waals surface area contributed by atoms with Gasteiger partial charge in [-0.05, 0) is 71.4 Å². The molecule has 7 heteroatoms. The van der Waals surface area contributed by atoms with E-state index in [-0.39, 0.29) is 17.5 Å². The number of hydrogen-bond donors (Lipinski definition) is 0. The van der Waals surface area contributed by atoms with Gasteiger partial charge >= 0.3 is 5.97 Å². The van der Waals surface area contributed by atoms with Crippen LogP contribution < -0.4 is 0 Å². The number of carbonyl (C=O) groups is 1. The molecule has 1 aliphatic rings. The first kappa shape index (κ1) is 22.8.